The molecule has 70 valence electrons. The summed E-state index contributed by atoms with van der Waals surface area (Å²) in [6.45, 7) is 2.02. The number of benzene rings is 1. The standard InChI is InChI=1S/C12H12N2/c1-8-6-10-3-2-9(4-5-13)11(10)7-12(8)14/h4,6-7H,2-3,14H2,1H3/b9-4+. The second-order valence-electron chi connectivity index (χ2n) is 3.66. The normalized spacial score (nSPS) is 16.7. The van der Waals surface area contributed by atoms with Crippen LogP contribution in [0.1, 0.15) is 23.1 Å². The molecular formula is C12H12N2. The number of nitriles is 1. The molecule has 0 heterocycles. The highest BCUT2D eigenvalue weighted by Crippen LogP contribution is 2.34. The maximum atomic E-state index is 8.62. The number of nitrogens with zero attached hydrogens (tertiary/aromatic N) is 1. The summed E-state index contributed by atoms with van der Waals surface area (Å²) in [7, 11) is 0. The van der Waals surface area contributed by atoms with Crippen molar-refractivity contribution in [2.24, 2.45) is 0 Å². The minimum Gasteiger partial charge on any atom is -0.398 e. The lowest BCUT2D eigenvalue weighted by molar-refractivity contribution is 1.08. The minimum atomic E-state index is 0.814. The Morgan fingerprint density at radius 3 is 2.93 bits per heavy atom. The van der Waals surface area contributed by atoms with Crippen LogP contribution < -0.4 is 5.73 Å². The Balaban J connectivity index is 2.57. The van der Waals surface area contributed by atoms with Gasteiger partial charge in [-0.2, -0.15) is 5.26 Å². The summed E-state index contributed by atoms with van der Waals surface area (Å²) in [6, 6.07) is 6.20. The zero-order valence-electron chi connectivity index (χ0n) is 8.17. The van der Waals surface area contributed by atoms with E-state index in [1.54, 1.807) is 6.08 Å². The van der Waals surface area contributed by atoms with Gasteiger partial charge in [0.25, 0.3) is 0 Å². The lowest BCUT2D eigenvalue weighted by Gasteiger charge is -2.05. The van der Waals surface area contributed by atoms with Gasteiger partial charge in [-0.1, -0.05) is 6.07 Å². The molecule has 0 unspecified atom stereocenters. The summed E-state index contributed by atoms with van der Waals surface area (Å²) < 4.78 is 0. The molecule has 0 aliphatic heterocycles. The molecule has 2 rings (SSSR count). The minimum absolute atomic E-state index is 0.814. The number of nitrogen functional groups attached to an aromatic ring is 1. The summed E-state index contributed by atoms with van der Waals surface area (Å²) >= 11 is 0. The van der Waals surface area contributed by atoms with Gasteiger partial charge in [0.1, 0.15) is 0 Å². The molecule has 0 saturated heterocycles. The summed E-state index contributed by atoms with van der Waals surface area (Å²) in [5.74, 6) is 0. The van der Waals surface area contributed by atoms with Gasteiger partial charge in [0.05, 0.1) is 6.07 Å². The fourth-order valence-electron chi connectivity index (χ4n) is 1.92. The monoisotopic (exact) mass is 184 g/mol. The average molecular weight is 184 g/mol. The largest absolute Gasteiger partial charge is 0.398 e. The number of allylic oxidation sites excluding steroid dienone is 2. The molecule has 2 N–H and O–H groups in total. The van der Waals surface area contributed by atoms with Crippen LogP contribution in [-0.4, -0.2) is 0 Å². The van der Waals surface area contributed by atoms with Gasteiger partial charge < -0.3 is 5.73 Å². The van der Waals surface area contributed by atoms with E-state index in [4.69, 9.17) is 11.0 Å². The third-order valence-electron chi connectivity index (χ3n) is 2.74. The van der Waals surface area contributed by atoms with E-state index < -0.39 is 0 Å². The quantitative estimate of drug-likeness (QED) is 0.497. The van der Waals surface area contributed by atoms with Crippen LogP contribution in [0.3, 0.4) is 0 Å². The van der Waals surface area contributed by atoms with E-state index in [1.165, 1.54) is 5.56 Å². The molecule has 1 aliphatic carbocycles. The van der Waals surface area contributed by atoms with E-state index in [9.17, 15) is 0 Å². The molecule has 14 heavy (non-hydrogen) atoms. The van der Waals surface area contributed by atoms with Crippen molar-refractivity contribution >= 4 is 11.3 Å². The van der Waals surface area contributed by atoms with Gasteiger partial charge in [-0.3, -0.25) is 0 Å². The van der Waals surface area contributed by atoms with Crippen LogP contribution in [0.25, 0.3) is 5.57 Å². The highest BCUT2D eigenvalue weighted by atomic mass is 14.6. The van der Waals surface area contributed by atoms with Crippen LogP contribution in [0, 0.1) is 18.3 Å². The zero-order chi connectivity index (χ0) is 10.1. The SMILES string of the molecule is Cc1cc2c(cc1N)/C(=C/C#N)CC2. The predicted molar refractivity (Wildman–Crippen MR) is 57.5 cm³/mol. The van der Waals surface area contributed by atoms with E-state index in [0.717, 1.165) is 35.2 Å². The average Bonchev–Trinajstić information content (AvgIpc) is 2.51. The first-order chi connectivity index (χ1) is 6.72. The second-order valence-corrected chi connectivity index (χ2v) is 3.66. The fourth-order valence-corrected chi connectivity index (χ4v) is 1.92. The molecule has 0 spiro atoms. The predicted octanol–water partition coefficient (Wildman–Crippen LogP) is 2.43. The maximum Gasteiger partial charge on any atom is 0.0915 e. The van der Waals surface area contributed by atoms with E-state index in [0.29, 0.717) is 0 Å². The fraction of sp³-hybridized carbons (Fsp3) is 0.250. The van der Waals surface area contributed by atoms with Gasteiger partial charge in [-0.25, -0.2) is 0 Å². The second kappa shape index (κ2) is 3.19. The molecule has 1 aromatic carbocycles. The molecule has 0 bridgehead atoms. The lowest BCUT2D eigenvalue weighted by Crippen LogP contribution is -1.92. The first-order valence-corrected chi connectivity index (χ1v) is 4.70. The number of hydrogen-bond acceptors (Lipinski definition) is 2. The van der Waals surface area contributed by atoms with E-state index in [-0.39, 0.29) is 0 Å². The number of rotatable bonds is 0. The molecule has 2 heteroatoms. The number of aryl methyl sites for hydroxylation is 2. The third-order valence-corrected chi connectivity index (χ3v) is 2.74. The number of anilines is 1. The summed E-state index contributed by atoms with van der Waals surface area (Å²) in [5.41, 5.74) is 11.4. The van der Waals surface area contributed by atoms with Crippen molar-refractivity contribution in [2.45, 2.75) is 19.8 Å². The molecule has 2 nitrogen and oxygen atoms in total. The van der Waals surface area contributed by atoms with Crippen molar-refractivity contribution in [1.29, 1.82) is 5.26 Å². The Hall–Kier alpha value is -1.75. The molecule has 0 fully saturated rings. The van der Waals surface area contributed by atoms with Gasteiger partial charge in [0.15, 0.2) is 0 Å². The van der Waals surface area contributed by atoms with Gasteiger partial charge in [-0.05, 0) is 48.1 Å². The Morgan fingerprint density at radius 1 is 1.43 bits per heavy atom. The van der Waals surface area contributed by atoms with Crippen molar-refractivity contribution in [3.05, 3.63) is 34.9 Å². The van der Waals surface area contributed by atoms with Crippen LogP contribution in [0.2, 0.25) is 0 Å². The number of nitrogens with two attached hydrogens (primary N) is 1. The van der Waals surface area contributed by atoms with Crippen molar-refractivity contribution in [2.75, 3.05) is 5.73 Å². The zero-order valence-corrected chi connectivity index (χ0v) is 8.17. The van der Waals surface area contributed by atoms with Gasteiger partial charge >= 0.3 is 0 Å². The number of hydrogen-bond donors (Lipinski definition) is 1. The van der Waals surface area contributed by atoms with E-state index in [2.05, 4.69) is 12.1 Å². The summed E-state index contributed by atoms with van der Waals surface area (Å²) in [5, 5.41) is 8.62. The topological polar surface area (TPSA) is 49.8 Å². The molecule has 1 aliphatic rings. The maximum absolute atomic E-state index is 8.62. The van der Waals surface area contributed by atoms with Gasteiger partial charge in [-0.15, -0.1) is 0 Å². The van der Waals surface area contributed by atoms with Gasteiger partial charge in [0.2, 0.25) is 0 Å². The molecule has 0 atom stereocenters. The van der Waals surface area contributed by atoms with Crippen LogP contribution in [-0.2, 0) is 6.42 Å². The summed E-state index contributed by atoms with van der Waals surface area (Å²) in [6.07, 6.45) is 3.62. The highest BCUT2D eigenvalue weighted by molar-refractivity contribution is 5.77. The third kappa shape index (κ3) is 1.27. The van der Waals surface area contributed by atoms with Crippen molar-refractivity contribution in [3.8, 4) is 6.07 Å². The van der Waals surface area contributed by atoms with Crippen LogP contribution in [0.15, 0.2) is 18.2 Å². The molecule has 0 aromatic heterocycles. The molecular weight excluding hydrogens is 172 g/mol. The Bertz CT molecular complexity index is 450. The van der Waals surface area contributed by atoms with Crippen LogP contribution >= 0.6 is 0 Å². The van der Waals surface area contributed by atoms with Crippen molar-refractivity contribution in [3.63, 3.8) is 0 Å². The van der Waals surface area contributed by atoms with Crippen LogP contribution in [0.5, 0.6) is 0 Å². The first-order valence-electron chi connectivity index (χ1n) is 4.70. The lowest BCUT2D eigenvalue weighted by atomic mass is 10.0. The van der Waals surface area contributed by atoms with Gasteiger partial charge in [0, 0.05) is 11.8 Å². The van der Waals surface area contributed by atoms with Crippen LogP contribution in [0.4, 0.5) is 5.69 Å². The molecule has 0 radical (unpaired) electrons. The van der Waals surface area contributed by atoms with Crippen molar-refractivity contribution in [1.82, 2.24) is 0 Å². The Morgan fingerprint density at radius 2 is 2.21 bits per heavy atom. The summed E-state index contributed by atoms with van der Waals surface area (Å²) in [4.78, 5) is 0. The first kappa shape index (κ1) is 8.83. The Kier molecular flexibility index (Phi) is 2.01. The van der Waals surface area contributed by atoms with E-state index in [1.807, 2.05) is 13.0 Å². The van der Waals surface area contributed by atoms with Crippen molar-refractivity contribution < 1.29 is 0 Å². The highest BCUT2D eigenvalue weighted by Gasteiger charge is 2.16. The number of fused-ring (bicyclic) bond motifs is 1. The molecule has 0 saturated carbocycles. The van der Waals surface area contributed by atoms with E-state index >= 15 is 0 Å². The Labute approximate surface area is 83.7 Å². The molecule has 1 aromatic rings. The smallest absolute Gasteiger partial charge is 0.0915 e. The molecule has 0 amide bonds.